The van der Waals surface area contributed by atoms with Gasteiger partial charge in [0.1, 0.15) is 5.82 Å². The first kappa shape index (κ1) is 12.4. The number of hydrogen-bond acceptors (Lipinski definition) is 2. The van der Waals surface area contributed by atoms with Crippen LogP contribution < -0.4 is 0 Å². The Morgan fingerprint density at radius 2 is 1.88 bits per heavy atom. The van der Waals surface area contributed by atoms with Crippen molar-refractivity contribution in [2.75, 3.05) is 0 Å². The van der Waals surface area contributed by atoms with Gasteiger partial charge in [0.2, 0.25) is 0 Å². The predicted molar refractivity (Wildman–Crippen MR) is 46.8 cm³/mol. The first-order chi connectivity index (χ1) is 7.27. The molecule has 0 saturated heterocycles. The molecule has 1 aromatic rings. The van der Waals surface area contributed by atoms with Crippen molar-refractivity contribution in [3.05, 3.63) is 34.6 Å². The number of ketones is 1. The average Bonchev–Trinajstić information content (AvgIpc) is 2.14. The molecule has 0 amide bonds. The van der Waals surface area contributed by atoms with Crippen LogP contribution in [0.4, 0.5) is 17.6 Å². The van der Waals surface area contributed by atoms with Crippen LogP contribution in [0, 0.1) is 5.82 Å². The second-order valence-electron chi connectivity index (χ2n) is 3.09. The number of halogens is 4. The van der Waals surface area contributed by atoms with Gasteiger partial charge in [-0.05, 0) is 19.1 Å². The number of carbonyl (C=O) groups is 2. The van der Waals surface area contributed by atoms with Crippen molar-refractivity contribution in [2.24, 2.45) is 0 Å². The van der Waals surface area contributed by atoms with Crippen LogP contribution in [0.1, 0.15) is 33.2 Å². The Morgan fingerprint density at radius 3 is 2.25 bits per heavy atom. The standard InChI is InChI=1S/C10H6F4O2/c1-5(16)7-2-6(10(12,13)14)3-9(11)8(7)4-15/h2-4H,1H3. The first-order valence-corrected chi connectivity index (χ1v) is 4.14. The highest BCUT2D eigenvalue weighted by Crippen LogP contribution is 2.31. The van der Waals surface area contributed by atoms with Crippen LogP contribution in [0.5, 0.6) is 0 Å². The summed E-state index contributed by atoms with van der Waals surface area (Å²) in [6, 6.07) is 0.658. The van der Waals surface area contributed by atoms with E-state index in [4.69, 9.17) is 0 Å². The third kappa shape index (κ3) is 2.26. The number of rotatable bonds is 2. The molecule has 2 nitrogen and oxygen atoms in total. The summed E-state index contributed by atoms with van der Waals surface area (Å²) in [7, 11) is 0. The third-order valence-electron chi connectivity index (χ3n) is 1.95. The summed E-state index contributed by atoms with van der Waals surface area (Å²) in [5, 5.41) is 0. The van der Waals surface area contributed by atoms with Gasteiger partial charge in [-0.3, -0.25) is 9.59 Å². The molecule has 0 saturated carbocycles. The smallest absolute Gasteiger partial charge is 0.298 e. The van der Waals surface area contributed by atoms with E-state index >= 15 is 0 Å². The van der Waals surface area contributed by atoms with E-state index in [1.165, 1.54) is 0 Å². The van der Waals surface area contributed by atoms with Crippen LogP contribution in [-0.4, -0.2) is 12.1 Å². The Bertz CT molecular complexity index is 449. The normalized spacial score (nSPS) is 11.3. The highest BCUT2D eigenvalue weighted by Gasteiger charge is 2.32. The van der Waals surface area contributed by atoms with Gasteiger partial charge in [-0.1, -0.05) is 0 Å². The van der Waals surface area contributed by atoms with Gasteiger partial charge < -0.3 is 0 Å². The molecule has 0 radical (unpaired) electrons. The summed E-state index contributed by atoms with van der Waals surface area (Å²) in [4.78, 5) is 21.4. The van der Waals surface area contributed by atoms with Gasteiger partial charge in [-0.2, -0.15) is 13.2 Å². The number of Topliss-reactive ketones (excluding diaryl/α,β-unsaturated/α-hetero) is 1. The van der Waals surface area contributed by atoms with Crippen LogP contribution in [0.3, 0.4) is 0 Å². The Balaban J connectivity index is 3.52. The van der Waals surface area contributed by atoms with Crippen molar-refractivity contribution >= 4 is 12.1 Å². The highest BCUT2D eigenvalue weighted by molar-refractivity contribution is 6.01. The number of benzene rings is 1. The zero-order chi connectivity index (χ0) is 12.5. The molecule has 0 aliphatic rings. The maximum Gasteiger partial charge on any atom is 0.416 e. The van der Waals surface area contributed by atoms with E-state index in [0.29, 0.717) is 6.07 Å². The molecule has 0 spiro atoms. The molecule has 1 aromatic carbocycles. The number of aldehydes is 1. The Kier molecular flexibility index (Phi) is 3.11. The molecule has 16 heavy (non-hydrogen) atoms. The summed E-state index contributed by atoms with van der Waals surface area (Å²) in [5.41, 5.74) is -2.51. The van der Waals surface area contributed by atoms with Gasteiger partial charge >= 0.3 is 6.18 Å². The molecule has 0 N–H and O–H groups in total. The van der Waals surface area contributed by atoms with Crippen molar-refractivity contribution < 1.29 is 27.2 Å². The van der Waals surface area contributed by atoms with Crippen molar-refractivity contribution in [1.82, 2.24) is 0 Å². The molecule has 0 unspecified atom stereocenters. The summed E-state index contributed by atoms with van der Waals surface area (Å²) in [6.45, 7) is 0.960. The van der Waals surface area contributed by atoms with E-state index in [0.717, 1.165) is 6.92 Å². The fourth-order valence-electron chi connectivity index (χ4n) is 1.19. The van der Waals surface area contributed by atoms with Crippen molar-refractivity contribution in [3.63, 3.8) is 0 Å². The topological polar surface area (TPSA) is 34.1 Å². The molecule has 86 valence electrons. The number of hydrogen-bond donors (Lipinski definition) is 0. The SMILES string of the molecule is CC(=O)c1cc(C(F)(F)F)cc(F)c1C=O. The fraction of sp³-hybridized carbons (Fsp3) is 0.200. The largest absolute Gasteiger partial charge is 0.416 e. The maximum atomic E-state index is 13.1. The van der Waals surface area contributed by atoms with Gasteiger partial charge in [0.05, 0.1) is 11.1 Å². The maximum absolute atomic E-state index is 13.1. The van der Waals surface area contributed by atoms with Gasteiger partial charge in [-0.25, -0.2) is 4.39 Å². The van der Waals surface area contributed by atoms with E-state index in [1.54, 1.807) is 0 Å². The van der Waals surface area contributed by atoms with Crippen LogP contribution >= 0.6 is 0 Å². The zero-order valence-electron chi connectivity index (χ0n) is 8.06. The number of carbonyl (C=O) groups excluding carboxylic acids is 2. The van der Waals surface area contributed by atoms with E-state index in [-0.39, 0.29) is 12.4 Å². The lowest BCUT2D eigenvalue weighted by molar-refractivity contribution is -0.137. The molecule has 0 fully saturated rings. The average molecular weight is 234 g/mol. The summed E-state index contributed by atoms with van der Waals surface area (Å²) < 4.78 is 50.0. The molecule has 0 aliphatic heterocycles. The Hall–Kier alpha value is -1.72. The molecule has 1 rings (SSSR count). The van der Waals surface area contributed by atoms with E-state index in [9.17, 15) is 27.2 Å². The van der Waals surface area contributed by atoms with E-state index in [2.05, 4.69) is 0 Å². The summed E-state index contributed by atoms with van der Waals surface area (Å²) in [5.74, 6) is -2.15. The van der Waals surface area contributed by atoms with Gasteiger partial charge in [0, 0.05) is 5.56 Å². The summed E-state index contributed by atoms with van der Waals surface area (Å²) in [6.07, 6.45) is -4.74. The Morgan fingerprint density at radius 1 is 1.31 bits per heavy atom. The molecule has 6 heteroatoms. The van der Waals surface area contributed by atoms with Gasteiger partial charge in [-0.15, -0.1) is 0 Å². The van der Waals surface area contributed by atoms with E-state index in [1.807, 2.05) is 0 Å². The van der Waals surface area contributed by atoms with Crippen LogP contribution in [0.25, 0.3) is 0 Å². The zero-order valence-corrected chi connectivity index (χ0v) is 8.06. The van der Waals surface area contributed by atoms with Crippen LogP contribution in [0.2, 0.25) is 0 Å². The lowest BCUT2D eigenvalue weighted by Gasteiger charge is -2.10. The van der Waals surface area contributed by atoms with Gasteiger partial charge in [0.15, 0.2) is 12.1 Å². The summed E-state index contributed by atoms with van der Waals surface area (Å²) >= 11 is 0. The minimum absolute atomic E-state index is 0.0201. The second kappa shape index (κ2) is 4.03. The van der Waals surface area contributed by atoms with Crippen LogP contribution in [-0.2, 0) is 6.18 Å². The predicted octanol–water partition coefficient (Wildman–Crippen LogP) is 2.86. The molecule has 0 aromatic heterocycles. The first-order valence-electron chi connectivity index (χ1n) is 4.14. The van der Waals surface area contributed by atoms with Crippen molar-refractivity contribution in [1.29, 1.82) is 0 Å². The molecular weight excluding hydrogens is 228 g/mol. The van der Waals surface area contributed by atoms with Crippen LogP contribution in [0.15, 0.2) is 12.1 Å². The Labute approximate surface area is 87.9 Å². The fourth-order valence-corrected chi connectivity index (χ4v) is 1.19. The molecule has 0 aliphatic carbocycles. The van der Waals surface area contributed by atoms with E-state index < -0.39 is 34.5 Å². The quantitative estimate of drug-likeness (QED) is 0.448. The van der Waals surface area contributed by atoms with Crippen molar-refractivity contribution in [3.8, 4) is 0 Å². The number of alkyl halides is 3. The highest BCUT2D eigenvalue weighted by atomic mass is 19.4. The minimum Gasteiger partial charge on any atom is -0.298 e. The van der Waals surface area contributed by atoms with Crippen molar-refractivity contribution in [2.45, 2.75) is 13.1 Å². The lowest BCUT2D eigenvalue weighted by Crippen LogP contribution is -2.10. The minimum atomic E-state index is -4.76. The monoisotopic (exact) mass is 234 g/mol. The lowest BCUT2D eigenvalue weighted by atomic mass is 10.0. The molecule has 0 atom stereocenters. The third-order valence-corrected chi connectivity index (χ3v) is 1.95. The van der Waals surface area contributed by atoms with Gasteiger partial charge in [0.25, 0.3) is 0 Å². The second-order valence-corrected chi connectivity index (χ2v) is 3.09. The molecule has 0 heterocycles. The molecule has 0 bridgehead atoms. The molecular formula is C10H6F4O2.